The lowest BCUT2D eigenvalue weighted by Crippen LogP contribution is -2.57. The molecule has 0 saturated heterocycles. The maximum absolute atomic E-state index is 2.38. The van der Waals surface area contributed by atoms with E-state index < -0.39 is 8.40 Å². The van der Waals surface area contributed by atoms with Gasteiger partial charge >= 0.3 is 0 Å². The minimum atomic E-state index is -1.21. The Morgan fingerprint density at radius 2 is 1.30 bits per heavy atom. The lowest BCUT2D eigenvalue weighted by atomic mass is 11.0. The maximum atomic E-state index is 2.38. The summed E-state index contributed by atoms with van der Waals surface area (Å²) in [5.41, 5.74) is 0. The highest BCUT2D eigenvalue weighted by atomic mass is 28.3. The van der Waals surface area contributed by atoms with Gasteiger partial charge in [-0.3, -0.25) is 0 Å². The molecule has 0 amide bonds. The first-order valence-corrected chi connectivity index (χ1v) is 6.40. The summed E-state index contributed by atoms with van der Waals surface area (Å²) in [6.45, 7) is 4.65. The van der Waals surface area contributed by atoms with Gasteiger partial charge in [0, 0.05) is 0 Å². The average Bonchev–Trinajstić information content (AvgIpc) is 1.85. The van der Waals surface area contributed by atoms with Gasteiger partial charge in [-0.25, -0.2) is 0 Å². The van der Waals surface area contributed by atoms with Gasteiger partial charge in [-0.1, -0.05) is 6.92 Å². The van der Waals surface area contributed by atoms with Crippen molar-refractivity contribution >= 4 is 8.40 Å². The highest BCUT2D eigenvalue weighted by Crippen LogP contribution is 2.13. The third-order valence-electron chi connectivity index (χ3n) is 2.60. The Bertz CT molecular complexity index is 93.8. The van der Waals surface area contributed by atoms with Crippen molar-refractivity contribution in [2.24, 2.45) is 0 Å². The minimum absolute atomic E-state index is 1.21. The molecule has 0 radical (unpaired) electrons. The van der Waals surface area contributed by atoms with Crippen LogP contribution < -0.4 is 0 Å². The molecular formula is C7H20N2Si. The fourth-order valence-electron chi connectivity index (χ4n) is 1.03. The first kappa shape index (κ1) is 10.1. The van der Waals surface area contributed by atoms with E-state index in [0.717, 1.165) is 0 Å². The second kappa shape index (κ2) is 3.51. The van der Waals surface area contributed by atoms with Crippen molar-refractivity contribution in [3.05, 3.63) is 0 Å². The first-order valence-electron chi connectivity index (χ1n) is 3.80. The third-order valence-corrected chi connectivity index (χ3v) is 7.79. The molecule has 0 heterocycles. The van der Waals surface area contributed by atoms with Crippen LogP contribution in [0.15, 0.2) is 0 Å². The third kappa shape index (κ3) is 1.81. The van der Waals surface area contributed by atoms with Gasteiger partial charge in [-0.05, 0) is 40.8 Å². The Morgan fingerprint density at radius 1 is 1.00 bits per heavy atom. The molecule has 3 heteroatoms. The minimum Gasteiger partial charge on any atom is -0.317 e. The van der Waals surface area contributed by atoms with E-state index in [1.54, 1.807) is 0 Å². The Balaban J connectivity index is 4.23. The van der Waals surface area contributed by atoms with Gasteiger partial charge in [0.05, 0.1) is 0 Å². The molecule has 0 aliphatic rings. The van der Waals surface area contributed by atoms with E-state index in [1.165, 1.54) is 6.04 Å². The topological polar surface area (TPSA) is 6.48 Å². The van der Waals surface area contributed by atoms with Crippen molar-refractivity contribution in [3.8, 4) is 0 Å². The largest absolute Gasteiger partial charge is 0.317 e. The Hall–Kier alpha value is 0.137. The molecule has 0 spiro atoms. The normalized spacial score (nSPS) is 13.2. The van der Waals surface area contributed by atoms with Crippen LogP contribution in [0.3, 0.4) is 0 Å². The molecule has 0 saturated carbocycles. The SMILES string of the molecule is CC[Si](C)(N(C)C)N(C)C. The molecular weight excluding hydrogens is 140 g/mol. The van der Waals surface area contributed by atoms with Crippen LogP contribution in [0.4, 0.5) is 0 Å². The van der Waals surface area contributed by atoms with E-state index in [2.05, 4.69) is 50.8 Å². The average molecular weight is 160 g/mol. The van der Waals surface area contributed by atoms with Gasteiger partial charge in [0.15, 0.2) is 0 Å². The lowest BCUT2D eigenvalue weighted by Gasteiger charge is -2.38. The summed E-state index contributed by atoms with van der Waals surface area (Å²) >= 11 is 0. The number of hydrogen-bond donors (Lipinski definition) is 0. The highest BCUT2D eigenvalue weighted by Gasteiger charge is 2.30. The fourth-order valence-corrected chi connectivity index (χ4v) is 3.10. The smallest absolute Gasteiger partial charge is 0.202 e. The van der Waals surface area contributed by atoms with Crippen molar-refractivity contribution in [1.82, 2.24) is 9.13 Å². The van der Waals surface area contributed by atoms with E-state index in [0.29, 0.717) is 0 Å². The summed E-state index contributed by atoms with van der Waals surface area (Å²) in [4.78, 5) is 0. The van der Waals surface area contributed by atoms with Gasteiger partial charge in [0.25, 0.3) is 0 Å². The molecule has 0 aliphatic carbocycles. The summed E-state index contributed by atoms with van der Waals surface area (Å²) in [7, 11) is 7.49. The quantitative estimate of drug-likeness (QED) is 0.573. The molecule has 2 nitrogen and oxygen atoms in total. The standard InChI is InChI=1S/C7H20N2Si/c1-7-10(6,8(2)3)9(4)5/h7H2,1-6H3. The van der Waals surface area contributed by atoms with Crippen LogP contribution >= 0.6 is 0 Å². The fraction of sp³-hybridized carbons (Fsp3) is 1.00. The van der Waals surface area contributed by atoms with Crippen molar-refractivity contribution < 1.29 is 0 Å². The number of nitrogens with zero attached hydrogens (tertiary/aromatic N) is 2. The maximum Gasteiger partial charge on any atom is 0.202 e. The molecule has 10 heavy (non-hydrogen) atoms. The highest BCUT2D eigenvalue weighted by molar-refractivity contribution is 6.72. The van der Waals surface area contributed by atoms with Crippen molar-refractivity contribution in [3.63, 3.8) is 0 Å². The Labute approximate surface area is 66.0 Å². The van der Waals surface area contributed by atoms with Crippen LogP contribution in [0.25, 0.3) is 0 Å². The van der Waals surface area contributed by atoms with Crippen LogP contribution in [0.1, 0.15) is 6.92 Å². The molecule has 0 fully saturated rings. The molecule has 0 atom stereocenters. The Morgan fingerprint density at radius 3 is 1.30 bits per heavy atom. The zero-order valence-electron chi connectivity index (χ0n) is 8.10. The van der Waals surface area contributed by atoms with Crippen molar-refractivity contribution in [2.75, 3.05) is 28.2 Å². The van der Waals surface area contributed by atoms with E-state index in [-0.39, 0.29) is 0 Å². The van der Waals surface area contributed by atoms with E-state index in [1.807, 2.05) is 0 Å². The molecule has 0 unspecified atom stereocenters. The van der Waals surface area contributed by atoms with Crippen molar-refractivity contribution in [1.29, 1.82) is 0 Å². The summed E-state index contributed by atoms with van der Waals surface area (Å²) < 4.78 is 4.76. The zero-order valence-corrected chi connectivity index (χ0v) is 9.10. The summed E-state index contributed by atoms with van der Waals surface area (Å²) in [6, 6.07) is 1.28. The van der Waals surface area contributed by atoms with Gasteiger partial charge in [0.1, 0.15) is 0 Å². The molecule has 0 bridgehead atoms. The monoisotopic (exact) mass is 160 g/mol. The second-order valence-corrected chi connectivity index (χ2v) is 8.29. The summed E-state index contributed by atoms with van der Waals surface area (Å²) in [5, 5.41) is 0. The molecule has 0 aliphatic heterocycles. The molecule has 62 valence electrons. The van der Waals surface area contributed by atoms with E-state index >= 15 is 0 Å². The number of hydrogen-bond acceptors (Lipinski definition) is 2. The summed E-state index contributed by atoms with van der Waals surface area (Å²) in [6.07, 6.45) is 0. The van der Waals surface area contributed by atoms with Crippen LogP contribution in [-0.4, -0.2) is 45.7 Å². The van der Waals surface area contributed by atoms with Crippen LogP contribution in [-0.2, 0) is 0 Å². The van der Waals surface area contributed by atoms with Gasteiger partial charge in [-0.15, -0.1) is 0 Å². The molecule has 0 aromatic carbocycles. The van der Waals surface area contributed by atoms with Crippen molar-refractivity contribution in [2.45, 2.75) is 19.5 Å². The Kier molecular flexibility index (Phi) is 3.55. The van der Waals surface area contributed by atoms with Crippen LogP contribution in [0, 0.1) is 0 Å². The predicted octanol–water partition coefficient (Wildman–Crippen LogP) is 1.20. The molecule has 0 rings (SSSR count). The summed E-state index contributed by atoms with van der Waals surface area (Å²) in [5.74, 6) is 0. The predicted molar refractivity (Wildman–Crippen MR) is 49.5 cm³/mol. The lowest BCUT2D eigenvalue weighted by molar-refractivity contribution is 0.486. The van der Waals surface area contributed by atoms with Crippen LogP contribution in [0.5, 0.6) is 0 Å². The van der Waals surface area contributed by atoms with Gasteiger partial charge in [0.2, 0.25) is 8.40 Å². The molecule has 0 N–H and O–H groups in total. The molecule has 0 aromatic heterocycles. The van der Waals surface area contributed by atoms with Gasteiger partial charge < -0.3 is 9.13 Å². The van der Waals surface area contributed by atoms with Gasteiger partial charge in [-0.2, -0.15) is 0 Å². The second-order valence-electron chi connectivity index (χ2n) is 3.36. The zero-order chi connectivity index (χ0) is 8.36. The van der Waals surface area contributed by atoms with E-state index in [9.17, 15) is 0 Å². The van der Waals surface area contributed by atoms with E-state index in [4.69, 9.17) is 0 Å². The first-order chi connectivity index (χ1) is 4.45. The molecule has 0 aromatic rings. The van der Waals surface area contributed by atoms with Crippen LogP contribution in [0.2, 0.25) is 12.6 Å². The number of rotatable bonds is 3.